The lowest BCUT2D eigenvalue weighted by molar-refractivity contribution is -0.136. The summed E-state index contributed by atoms with van der Waals surface area (Å²) in [6, 6.07) is 3.81. The molecule has 17 heavy (non-hydrogen) atoms. The van der Waals surface area contributed by atoms with E-state index >= 15 is 0 Å². The third kappa shape index (κ3) is 3.16. The van der Waals surface area contributed by atoms with Crippen LogP contribution in [-0.4, -0.2) is 31.8 Å². The molecule has 7 nitrogen and oxygen atoms in total. The van der Waals surface area contributed by atoms with Gasteiger partial charge in [-0.1, -0.05) is 4.89 Å². The van der Waals surface area contributed by atoms with Crippen LogP contribution in [0.3, 0.4) is 0 Å². The number of ether oxygens (including phenoxy) is 1. The fraction of sp³-hybridized carbons (Fsp3) is 0.222. The first kappa shape index (κ1) is 13.4. The van der Waals surface area contributed by atoms with Crippen molar-refractivity contribution in [3.05, 3.63) is 23.8 Å². The zero-order valence-corrected chi connectivity index (χ0v) is 9.69. The third-order valence-electron chi connectivity index (χ3n) is 2.02. The number of methoxy groups -OCH3 is 1. The maximum absolute atomic E-state index is 11.4. The minimum absolute atomic E-state index is 0.0263. The summed E-state index contributed by atoms with van der Waals surface area (Å²) in [7, 11) is -2.74. The van der Waals surface area contributed by atoms with Crippen molar-refractivity contribution in [2.24, 2.45) is 0 Å². The Balaban J connectivity index is 3.34. The molecule has 0 aromatic heterocycles. The number of hydrogen-bond acceptors (Lipinski definition) is 5. The van der Waals surface area contributed by atoms with Crippen molar-refractivity contribution in [1.29, 1.82) is 0 Å². The van der Waals surface area contributed by atoms with Gasteiger partial charge in [-0.25, -0.2) is 8.42 Å². The van der Waals surface area contributed by atoms with Gasteiger partial charge < -0.3 is 15.1 Å². The molecule has 0 saturated heterocycles. The predicted molar refractivity (Wildman–Crippen MR) is 56.4 cm³/mol. The zero-order chi connectivity index (χ0) is 13.1. The van der Waals surface area contributed by atoms with E-state index in [2.05, 4.69) is 0 Å². The van der Waals surface area contributed by atoms with Crippen LogP contribution in [0.4, 0.5) is 0 Å². The van der Waals surface area contributed by atoms with Crippen molar-refractivity contribution in [2.45, 2.75) is 11.3 Å². The van der Waals surface area contributed by atoms with Crippen LogP contribution in [0.5, 0.6) is 5.75 Å². The van der Waals surface area contributed by atoms with Crippen LogP contribution in [0.25, 0.3) is 0 Å². The van der Waals surface area contributed by atoms with Crippen LogP contribution >= 0.6 is 0 Å². The van der Waals surface area contributed by atoms with Gasteiger partial charge in [-0.3, -0.25) is 4.79 Å². The fourth-order valence-corrected chi connectivity index (χ4v) is 2.12. The Bertz CT molecular complexity index is 524. The summed E-state index contributed by atoms with van der Waals surface area (Å²) in [4.78, 5) is 11.5. The molecule has 0 bridgehead atoms. The number of rotatable bonds is 5. The van der Waals surface area contributed by atoms with Gasteiger partial charge in [-0.15, -0.1) is 0 Å². The van der Waals surface area contributed by atoms with E-state index in [1.54, 1.807) is 0 Å². The van der Waals surface area contributed by atoms with Gasteiger partial charge in [0.25, 0.3) is 10.0 Å². The molecule has 0 amide bonds. The minimum atomic E-state index is -4.11. The molecule has 0 saturated carbocycles. The van der Waals surface area contributed by atoms with Gasteiger partial charge in [0.1, 0.15) is 5.75 Å². The molecule has 0 heterocycles. The molecule has 0 aliphatic carbocycles. The monoisotopic (exact) mass is 261 g/mol. The number of hydrogen-bond donors (Lipinski definition) is 3. The summed E-state index contributed by atoms with van der Waals surface area (Å²) in [5, 5.41) is 17.2. The lowest BCUT2D eigenvalue weighted by Crippen LogP contribution is -2.21. The number of aliphatic carboxylic acids is 1. The highest BCUT2D eigenvalue weighted by molar-refractivity contribution is 7.89. The first-order valence-corrected chi connectivity index (χ1v) is 5.93. The summed E-state index contributed by atoms with van der Waals surface area (Å²) >= 11 is 0. The normalized spacial score (nSPS) is 11.2. The Labute approximate surface area is 97.7 Å². The predicted octanol–water partition coefficient (Wildman–Crippen LogP) is -0.0102. The van der Waals surface area contributed by atoms with Gasteiger partial charge in [0.15, 0.2) is 0 Å². The van der Waals surface area contributed by atoms with Gasteiger partial charge in [0.05, 0.1) is 18.4 Å². The first-order chi connectivity index (χ1) is 7.90. The number of nitrogens with one attached hydrogen (secondary N) is 1. The van der Waals surface area contributed by atoms with Crippen LogP contribution in [0.1, 0.15) is 5.56 Å². The van der Waals surface area contributed by atoms with Gasteiger partial charge in [-0.2, -0.15) is 0 Å². The van der Waals surface area contributed by atoms with E-state index in [-0.39, 0.29) is 10.5 Å². The fourth-order valence-electron chi connectivity index (χ4n) is 1.30. The minimum Gasteiger partial charge on any atom is -0.497 e. The van der Waals surface area contributed by atoms with Crippen LogP contribution in [0.2, 0.25) is 0 Å². The molecule has 0 aliphatic heterocycles. The average molecular weight is 261 g/mol. The molecule has 0 spiro atoms. The number of carbonyl (C=O) groups is 1. The smallest absolute Gasteiger partial charge is 0.307 e. The third-order valence-corrected chi connectivity index (χ3v) is 3.24. The Morgan fingerprint density at radius 3 is 2.59 bits per heavy atom. The van der Waals surface area contributed by atoms with Crippen LogP contribution < -0.4 is 9.62 Å². The van der Waals surface area contributed by atoms with Gasteiger partial charge in [0, 0.05) is 0 Å². The summed E-state index contributed by atoms with van der Waals surface area (Å²) in [5.41, 5.74) is 0.0263. The highest BCUT2D eigenvalue weighted by atomic mass is 32.2. The van der Waals surface area contributed by atoms with Gasteiger partial charge in [-0.05, 0) is 23.8 Å². The molecule has 0 atom stereocenters. The van der Waals surface area contributed by atoms with E-state index in [9.17, 15) is 13.2 Å². The van der Waals surface area contributed by atoms with Gasteiger partial charge in [0.2, 0.25) is 0 Å². The second-order valence-electron chi connectivity index (χ2n) is 3.14. The van der Waals surface area contributed by atoms with Crippen LogP contribution in [0.15, 0.2) is 23.1 Å². The largest absolute Gasteiger partial charge is 0.497 e. The number of sulfonamides is 1. The van der Waals surface area contributed by atoms with E-state index < -0.39 is 22.4 Å². The van der Waals surface area contributed by atoms with E-state index in [0.29, 0.717) is 5.75 Å². The highest BCUT2D eigenvalue weighted by Gasteiger charge is 2.19. The van der Waals surface area contributed by atoms with E-state index in [1.807, 2.05) is 0 Å². The molecule has 0 aliphatic rings. The Kier molecular flexibility index (Phi) is 4.05. The van der Waals surface area contributed by atoms with E-state index in [1.165, 1.54) is 19.2 Å². The zero-order valence-electron chi connectivity index (χ0n) is 8.87. The number of benzene rings is 1. The Morgan fingerprint density at radius 1 is 1.47 bits per heavy atom. The number of carboxylic acid groups (broad SMARTS) is 1. The molecule has 1 aromatic carbocycles. The van der Waals surface area contributed by atoms with Crippen molar-refractivity contribution in [2.75, 3.05) is 7.11 Å². The standard InChI is InChI=1S/C9H11NO6S/c1-16-7-2-3-8(17(14,15)10-13)6(4-7)5-9(11)12/h2-4,10,13H,5H2,1H3,(H,11,12). The summed E-state index contributed by atoms with van der Waals surface area (Å²) in [6.45, 7) is 0. The second kappa shape index (κ2) is 5.13. The van der Waals surface area contributed by atoms with Crippen LogP contribution in [-0.2, 0) is 21.2 Å². The van der Waals surface area contributed by atoms with Crippen molar-refractivity contribution in [3.63, 3.8) is 0 Å². The van der Waals surface area contributed by atoms with Gasteiger partial charge >= 0.3 is 5.97 Å². The topological polar surface area (TPSA) is 113 Å². The number of carboxylic acids is 1. The maximum Gasteiger partial charge on any atom is 0.307 e. The molecule has 8 heteroatoms. The Morgan fingerprint density at radius 2 is 2.12 bits per heavy atom. The van der Waals surface area contributed by atoms with Crippen molar-refractivity contribution < 1.29 is 28.3 Å². The second-order valence-corrected chi connectivity index (χ2v) is 4.77. The average Bonchev–Trinajstić information content (AvgIpc) is 2.27. The van der Waals surface area contributed by atoms with E-state index in [0.717, 1.165) is 11.0 Å². The summed E-state index contributed by atoms with van der Waals surface area (Å²) < 4.78 is 27.7. The molecule has 1 rings (SSSR count). The molecule has 1 aromatic rings. The lowest BCUT2D eigenvalue weighted by atomic mass is 10.1. The molecular formula is C9H11NO6S. The van der Waals surface area contributed by atoms with E-state index in [4.69, 9.17) is 15.1 Å². The molecule has 94 valence electrons. The molecule has 3 N–H and O–H groups in total. The van der Waals surface area contributed by atoms with Crippen molar-refractivity contribution >= 4 is 16.0 Å². The molecular weight excluding hydrogens is 250 g/mol. The summed E-state index contributed by atoms with van der Waals surface area (Å²) in [5.74, 6) is -0.856. The molecule has 0 fully saturated rings. The maximum atomic E-state index is 11.4. The van der Waals surface area contributed by atoms with Crippen molar-refractivity contribution in [1.82, 2.24) is 4.89 Å². The van der Waals surface area contributed by atoms with Crippen molar-refractivity contribution in [3.8, 4) is 5.75 Å². The molecule has 0 unspecified atom stereocenters. The quantitative estimate of drug-likeness (QED) is 0.642. The Hall–Kier alpha value is -1.64. The first-order valence-electron chi connectivity index (χ1n) is 4.45. The summed E-state index contributed by atoms with van der Waals surface area (Å²) in [6.07, 6.45) is -0.493. The molecule has 0 radical (unpaired) electrons. The highest BCUT2D eigenvalue weighted by Crippen LogP contribution is 2.22. The lowest BCUT2D eigenvalue weighted by Gasteiger charge is -2.09. The van der Waals surface area contributed by atoms with Crippen LogP contribution in [0, 0.1) is 0 Å². The SMILES string of the molecule is COc1ccc(S(=O)(=O)NO)c(CC(=O)O)c1.